The van der Waals surface area contributed by atoms with E-state index < -0.39 is 0 Å². The van der Waals surface area contributed by atoms with Gasteiger partial charge in [0.15, 0.2) is 5.96 Å². The van der Waals surface area contributed by atoms with Crippen molar-refractivity contribution in [2.45, 2.75) is 18.9 Å². The van der Waals surface area contributed by atoms with Crippen molar-refractivity contribution < 1.29 is 0 Å². The smallest absolute Gasteiger partial charge is 0.191 e. The number of aryl methyl sites for hydroxylation is 1. The Hall–Kier alpha value is -1.59. The summed E-state index contributed by atoms with van der Waals surface area (Å²) in [5, 5.41) is 6.87. The Kier molecular flexibility index (Phi) is 7.36. The van der Waals surface area contributed by atoms with Crippen molar-refractivity contribution in [2.75, 3.05) is 53.9 Å². The van der Waals surface area contributed by atoms with Crippen LogP contribution in [0.25, 0.3) is 0 Å². The highest BCUT2D eigenvalue weighted by Gasteiger charge is 2.21. The molecule has 1 aromatic rings. The van der Waals surface area contributed by atoms with E-state index in [9.17, 15) is 0 Å². The van der Waals surface area contributed by atoms with E-state index >= 15 is 0 Å². The second-order valence-corrected chi connectivity index (χ2v) is 6.37. The zero-order valence-corrected chi connectivity index (χ0v) is 14.8. The van der Waals surface area contributed by atoms with Crippen LogP contribution in [-0.2, 0) is 6.42 Å². The van der Waals surface area contributed by atoms with Crippen molar-refractivity contribution in [3.63, 3.8) is 0 Å². The number of piperazine rings is 1. The van der Waals surface area contributed by atoms with Crippen LogP contribution in [-0.4, -0.2) is 75.7 Å². The van der Waals surface area contributed by atoms with E-state index in [0.717, 1.165) is 51.5 Å². The molecule has 0 spiro atoms. The average Bonchev–Trinajstić information content (AvgIpc) is 2.58. The first-order valence-corrected chi connectivity index (χ1v) is 8.56. The molecule has 128 valence electrons. The van der Waals surface area contributed by atoms with E-state index in [-0.39, 0.29) is 0 Å². The van der Waals surface area contributed by atoms with Gasteiger partial charge in [0.1, 0.15) is 0 Å². The maximum atomic E-state index is 4.32. The minimum absolute atomic E-state index is 0.539. The summed E-state index contributed by atoms with van der Waals surface area (Å²) in [5.74, 6) is 0.902. The number of aliphatic imine (C=N–C) groups is 1. The van der Waals surface area contributed by atoms with E-state index in [1.807, 2.05) is 7.05 Å². The summed E-state index contributed by atoms with van der Waals surface area (Å²) in [7, 11) is 6.23. The molecule has 1 unspecified atom stereocenters. The predicted molar refractivity (Wildman–Crippen MR) is 98.0 cm³/mol. The molecule has 0 amide bonds. The summed E-state index contributed by atoms with van der Waals surface area (Å²) < 4.78 is 0. The summed E-state index contributed by atoms with van der Waals surface area (Å²) >= 11 is 0. The van der Waals surface area contributed by atoms with Gasteiger partial charge in [-0.25, -0.2) is 0 Å². The number of likely N-dealkylation sites (N-methyl/N-ethyl adjacent to an activating group) is 2. The Morgan fingerprint density at radius 3 is 2.70 bits per heavy atom. The molecule has 5 nitrogen and oxygen atoms in total. The highest BCUT2D eigenvalue weighted by atomic mass is 15.3. The maximum Gasteiger partial charge on any atom is 0.191 e. The van der Waals surface area contributed by atoms with Crippen molar-refractivity contribution in [2.24, 2.45) is 4.99 Å². The molecule has 1 aliphatic rings. The number of guanidine groups is 1. The molecule has 1 aromatic carbocycles. The summed E-state index contributed by atoms with van der Waals surface area (Å²) in [6.45, 7) is 5.26. The second-order valence-electron chi connectivity index (χ2n) is 6.37. The third-order valence-electron chi connectivity index (χ3n) is 4.49. The highest BCUT2D eigenvalue weighted by molar-refractivity contribution is 5.79. The minimum atomic E-state index is 0.539. The molecule has 0 aromatic heterocycles. The molecule has 23 heavy (non-hydrogen) atoms. The molecule has 1 atom stereocenters. The lowest BCUT2D eigenvalue weighted by atomic mass is 10.1. The van der Waals surface area contributed by atoms with Crippen molar-refractivity contribution >= 4 is 5.96 Å². The first-order valence-electron chi connectivity index (χ1n) is 8.56. The fourth-order valence-electron chi connectivity index (χ4n) is 2.90. The van der Waals surface area contributed by atoms with Gasteiger partial charge in [-0.15, -0.1) is 0 Å². The lowest BCUT2D eigenvalue weighted by Crippen LogP contribution is -2.55. The maximum absolute atomic E-state index is 4.32. The quantitative estimate of drug-likeness (QED) is 0.467. The Balaban J connectivity index is 1.65. The van der Waals surface area contributed by atoms with Gasteiger partial charge in [-0.3, -0.25) is 9.89 Å². The number of nitrogens with one attached hydrogen (secondary N) is 2. The molecule has 0 saturated carbocycles. The lowest BCUT2D eigenvalue weighted by Gasteiger charge is -2.37. The van der Waals surface area contributed by atoms with Gasteiger partial charge >= 0.3 is 0 Å². The molecular formula is C18H31N5. The molecule has 0 aliphatic carbocycles. The van der Waals surface area contributed by atoms with Gasteiger partial charge in [0.05, 0.1) is 0 Å². The standard InChI is InChI=1S/C18H31N5/c1-19-18(20-11-7-10-16-8-5-4-6-9-16)21-14-17-15-22(2)12-13-23(17)3/h4-6,8-9,17H,7,10-15H2,1-3H3,(H2,19,20,21). The van der Waals surface area contributed by atoms with Gasteiger partial charge in [0.25, 0.3) is 0 Å². The minimum Gasteiger partial charge on any atom is -0.356 e. The average molecular weight is 317 g/mol. The molecule has 0 radical (unpaired) electrons. The summed E-state index contributed by atoms with van der Waals surface area (Å²) in [6, 6.07) is 11.2. The van der Waals surface area contributed by atoms with Crippen molar-refractivity contribution in [1.82, 2.24) is 20.4 Å². The predicted octanol–water partition coefficient (Wildman–Crippen LogP) is 1.03. The van der Waals surface area contributed by atoms with Crippen LogP contribution in [0.5, 0.6) is 0 Å². The monoisotopic (exact) mass is 317 g/mol. The van der Waals surface area contributed by atoms with Crippen LogP contribution < -0.4 is 10.6 Å². The van der Waals surface area contributed by atoms with Crippen molar-refractivity contribution in [1.29, 1.82) is 0 Å². The van der Waals surface area contributed by atoms with Gasteiger partial charge in [-0.2, -0.15) is 0 Å². The Bertz CT molecular complexity index is 474. The fraction of sp³-hybridized carbons (Fsp3) is 0.611. The van der Waals surface area contributed by atoms with E-state index in [1.165, 1.54) is 5.56 Å². The number of benzene rings is 1. The number of nitrogens with zero attached hydrogens (tertiary/aromatic N) is 3. The van der Waals surface area contributed by atoms with E-state index in [1.54, 1.807) is 0 Å². The molecule has 1 saturated heterocycles. The van der Waals surface area contributed by atoms with Crippen molar-refractivity contribution in [3.8, 4) is 0 Å². The number of hydrogen-bond acceptors (Lipinski definition) is 3. The Labute approximate surface area is 140 Å². The van der Waals surface area contributed by atoms with Crippen LogP contribution in [0.1, 0.15) is 12.0 Å². The molecule has 2 rings (SSSR count). The molecule has 1 fully saturated rings. The van der Waals surface area contributed by atoms with E-state index in [2.05, 4.69) is 69.9 Å². The van der Waals surface area contributed by atoms with Crippen molar-refractivity contribution in [3.05, 3.63) is 35.9 Å². The fourth-order valence-corrected chi connectivity index (χ4v) is 2.90. The first-order chi connectivity index (χ1) is 11.2. The van der Waals surface area contributed by atoms with Gasteiger partial charge in [0.2, 0.25) is 0 Å². The van der Waals surface area contributed by atoms with Crippen LogP contribution in [0, 0.1) is 0 Å². The van der Waals surface area contributed by atoms with E-state index in [4.69, 9.17) is 0 Å². The summed E-state index contributed by atoms with van der Waals surface area (Å²) in [4.78, 5) is 9.14. The van der Waals surface area contributed by atoms with Gasteiger partial charge in [0, 0.05) is 45.8 Å². The first kappa shape index (κ1) is 17.8. The second kappa shape index (κ2) is 9.53. The SMILES string of the molecule is CN=C(NCCCc1ccccc1)NCC1CN(C)CCN1C. The van der Waals surface area contributed by atoms with Crippen LogP contribution >= 0.6 is 0 Å². The lowest BCUT2D eigenvalue weighted by molar-refractivity contribution is 0.116. The summed E-state index contributed by atoms with van der Waals surface area (Å²) in [5.41, 5.74) is 1.39. The highest BCUT2D eigenvalue weighted by Crippen LogP contribution is 2.04. The Morgan fingerprint density at radius 1 is 1.17 bits per heavy atom. The third-order valence-corrected chi connectivity index (χ3v) is 4.49. The molecular weight excluding hydrogens is 286 g/mol. The van der Waals surface area contributed by atoms with Crippen LogP contribution in [0.2, 0.25) is 0 Å². The van der Waals surface area contributed by atoms with Crippen LogP contribution in [0.15, 0.2) is 35.3 Å². The van der Waals surface area contributed by atoms with Gasteiger partial charge in [-0.05, 0) is 32.5 Å². The zero-order valence-electron chi connectivity index (χ0n) is 14.8. The normalized spacial score (nSPS) is 20.5. The number of hydrogen-bond donors (Lipinski definition) is 2. The molecule has 1 aliphatic heterocycles. The van der Waals surface area contributed by atoms with E-state index in [0.29, 0.717) is 6.04 Å². The van der Waals surface area contributed by atoms with Crippen LogP contribution in [0.3, 0.4) is 0 Å². The van der Waals surface area contributed by atoms with Crippen LogP contribution in [0.4, 0.5) is 0 Å². The summed E-state index contributed by atoms with van der Waals surface area (Å²) in [6.07, 6.45) is 2.21. The molecule has 1 heterocycles. The molecule has 5 heteroatoms. The third kappa shape index (κ3) is 6.20. The van der Waals surface area contributed by atoms with Gasteiger partial charge < -0.3 is 15.5 Å². The Morgan fingerprint density at radius 2 is 1.96 bits per heavy atom. The largest absolute Gasteiger partial charge is 0.356 e. The molecule has 0 bridgehead atoms. The van der Waals surface area contributed by atoms with Gasteiger partial charge in [-0.1, -0.05) is 30.3 Å². The topological polar surface area (TPSA) is 42.9 Å². The number of rotatable bonds is 6. The molecule has 2 N–H and O–H groups in total. The zero-order chi connectivity index (χ0) is 16.5.